The molecule has 7 nitrogen and oxygen atoms in total. The number of ether oxygens (including phenoxy) is 1. The summed E-state index contributed by atoms with van der Waals surface area (Å²) in [5.74, 6) is -0.518. The summed E-state index contributed by atoms with van der Waals surface area (Å²) in [7, 11) is -3.86. The molecule has 0 unspecified atom stereocenters. The summed E-state index contributed by atoms with van der Waals surface area (Å²) >= 11 is 0. The summed E-state index contributed by atoms with van der Waals surface area (Å²) in [5, 5.41) is 5.19. The van der Waals surface area contributed by atoms with Crippen molar-refractivity contribution in [3.05, 3.63) is 47.8 Å². The standard InChI is InChI=1S/C16H15N3O4S/c1-2-23-16(20)15(14-4-3-7-18-14)12-9-19-13-6-5-10(8-11(12)13)24(17,21)22/h3-9,18H,2H2,1H3,(H2,17,21,22). The van der Waals surface area contributed by atoms with Gasteiger partial charge in [0.25, 0.3) is 0 Å². The number of allylic oxidation sites excluding steroid dienone is 1. The summed E-state index contributed by atoms with van der Waals surface area (Å²) in [6.45, 7) is 1.93. The molecule has 0 fully saturated rings. The lowest BCUT2D eigenvalue weighted by atomic mass is 9.99. The molecule has 0 spiro atoms. The molecule has 2 heterocycles. The maximum Gasteiger partial charge on any atom is 0.340 e. The zero-order valence-corrected chi connectivity index (χ0v) is 13.6. The highest BCUT2D eigenvalue weighted by atomic mass is 32.2. The predicted molar refractivity (Wildman–Crippen MR) is 90.2 cm³/mol. The molecule has 3 N–H and O–H groups in total. The molecule has 24 heavy (non-hydrogen) atoms. The highest BCUT2D eigenvalue weighted by molar-refractivity contribution is 7.89. The van der Waals surface area contributed by atoms with Crippen LogP contribution in [0.5, 0.6) is 0 Å². The molecule has 8 heteroatoms. The van der Waals surface area contributed by atoms with Gasteiger partial charge in [-0.15, -0.1) is 0 Å². The molecule has 0 atom stereocenters. The van der Waals surface area contributed by atoms with E-state index < -0.39 is 16.0 Å². The van der Waals surface area contributed by atoms with Crippen molar-refractivity contribution in [2.24, 2.45) is 10.1 Å². The summed E-state index contributed by atoms with van der Waals surface area (Å²) in [6, 6.07) is 7.83. The van der Waals surface area contributed by atoms with E-state index in [4.69, 9.17) is 9.88 Å². The van der Waals surface area contributed by atoms with Crippen LogP contribution in [0.25, 0.3) is 11.1 Å². The highest BCUT2D eigenvalue weighted by Gasteiger charge is 2.25. The third-order valence-electron chi connectivity index (χ3n) is 3.54. The normalized spacial score (nSPS) is 15.2. The minimum atomic E-state index is -3.86. The van der Waals surface area contributed by atoms with Crippen molar-refractivity contribution in [1.29, 1.82) is 0 Å². The van der Waals surface area contributed by atoms with E-state index in [9.17, 15) is 13.2 Å². The number of nitrogens with two attached hydrogens (primary N) is 1. The van der Waals surface area contributed by atoms with E-state index in [1.807, 2.05) is 0 Å². The molecule has 0 bridgehead atoms. The van der Waals surface area contributed by atoms with Gasteiger partial charge in [-0.05, 0) is 37.3 Å². The summed E-state index contributed by atoms with van der Waals surface area (Å²) in [5.41, 5.74) is 2.40. The molecule has 1 aromatic heterocycles. The van der Waals surface area contributed by atoms with Gasteiger partial charge in [-0.1, -0.05) is 0 Å². The fourth-order valence-corrected chi connectivity index (χ4v) is 3.02. The second-order valence-electron chi connectivity index (χ2n) is 5.08. The predicted octanol–water partition coefficient (Wildman–Crippen LogP) is 1.85. The van der Waals surface area contributed by atoms with Gasteiger partial charge in [0.2, 0.25) is 10.0 Å². The number of sulfonamides is 1. The Morgan fingerprint density at radius 3 is 2.75 bits per heavy atom. The summed E-state index contributed by atoms with van der Waals surface area (Å²) in [6.07, 6.45) is 3.20. The monoisotopic (exact) mass is 345 g/mol. The van der Waals surface area contributed by atoms with Gasteiger partial charge >= 0.3 is 5.97 Å². The SMILES string of the molecule is CCOC(=O)C(=C1C=Nc2ccc(S(N)(=O)=O)cc21)c1ccc[nH]1. The number of fused-ring (bicyclic) bond motifs is 1. The van der Waals surface area contributed by atoms with Gasteiger partial charge in [-0.25, -0.2) is 18.4 Å². The molecule has 0 saturated carbocycles. The molecular weight excluding hydrogens is 330 g/mol. The number of hydrogen-bond acceptors (Lipinski definition) is 5. The molecule has 3 rings (SSSR count). The lowest BCUT2D eigenvalue weighted by molar-refractivity contribution is -0.136. The first kappa shape index (κ1) is 16.2. The third-order valence-corrected chi connectivity index (χ3v) is 4.45. The van der Waals surface area contributed by atoms with Gasteiger partial charge < -0.3 is 9.72 Å². The Labute approximate surface area is 138 Å². The number of rotatable bonds is 4. The van der Waals surface area contributed by atoms with Crippen LogP contribution in [0.2, 0.25) is 0 Å². The van der Waals surface area contributed by atoms with Gasteiger partial charge in [-0.3, -0.25) is 4.99 Å². The lowest BCUT2D eigenvalue weighted by Crippen LogP contribution is -2.12. The van der Waals surface area contributed by atoms with Gasteiger partial charge in [0.15, 0.2) is 0 Å². The van der Waals surface area contributed by atoms with E-state index >= 15 is 0 Å². The van der Waals surface area contributed by atoms with Crippen LogP contribution in [0.4, 0.5) is 5.69 Å². The van der Waals surface area contributed by atoms with Crippen LogP contribution in [0.3, 0.4) is 0 Å². The molecule has 124 valence electrons. The van der Waals surface area contributed by atoms with E-state index in [-0.39, 0.29) is 17.1 Å². The van der Waals surface area contributed by atoms with Crippen LogP contribution >= 0.6 is 0 Å². The smallest absolute Gasteiger partial charge is 0.340 e. The second-order valence-corrected chi connectivity index (χ2v) is 6.64. The Bertz CT molecular complexity index is 957. The maximum atomic E-state index is 12.4. The highest BCUT2D eigenvalue weighted by Crippen LogP contribution is 2.37. The van der Waals surface area contributed by atoms with E-state index in [1.165, 1.54) is 18.3 Å². The molecule has 1 aromatic carbocycles. The lowest BCUT2D eigenvalue weighted by Gasteiger charge is -2.10. The molecule has 2 aromatic rings. The number of primary sulfonamides is 1. The first-order chi connectivity index (χ1) is 11.4. The van der Waals surface area contributed by atoms with Crippen molar-refractivity contribution < 1.29 is 17.9 Å². The van der Waals surface area contributed by atoms with Gasteiger partial charge in [-0.2, -0.15) is 0 Å². The number of carbonyl (C=O) groups excluding carboxylic acids is 1. The zero-order valence-electron chi connectivity index (χ0n) is 12.8. The third kappa shape index (κ3) is 2.89. The van der Waals surface area contributed by atoms with Crippen molar-refractivity contribution in [1.82, 2.24) is 4.98 Å². The summed E-state index contributed by atoms with van der Waals surface area (Å²) < 4.78 is 28.3. The number of benzene rings is 1. The molecule has 0 saturated heterocycles. The van der Waals surface area contributed by atoms with Crippen LogP contribution in [0.1, 0.15) is 18.2 Å². The van der Waals surface area contributed by atoms with Crippen molar-refractivity contribution in [3.63, 3.8) is 0 Å². The first-order valence-electron chi connectivity index (χ1n) is 7.18. The molecule has 0 radical (unpaired) electrons. The average molecular weight is 345 g/mol. The molecular formula is C16H15N3O4S. The Morgan fingerprint density at radius 2 is 2.12 bits per heavy atom. The van der Waals surface area contributed by atoms with Crippen LogP contribution in [-0.4, -0.2) is 32.2 Å². The molecule has 0 amide bonds. The van der Waals surface area contributed by atoms with Crippen molar-refractivity contribution in [2.45, 2.75) is 11.8 Å². The number of H-pyrrole nitrogens is 1. The van der Waals surface area contributed by atoms with E-state index in [1.54, 1.807) is 31.3 Å². The number of nitrogens with zero attached hydrogens (tertiary/aromatic N) is 1. The molecule has 0 aliphatic carbocycles. The number of aliphatic imine (C=N–C) groups is 1. The number of esters is 1. The van der Waals surface area contributed by atoms with Crippen molar-refractivity contribution in [2.75, 3.05) is 6.61 Å². The van der Waals surface area contributed by atoms with Gasteiger partial charge in [0, 0.05) is 23.5 Å². The van der Waals surface area contributed by atoms with Crippen molar-refractivity contribution in [3.8, 4) is 0 Å². The largest absolute Gasteiger partial charge is 0.462 e. The van der Waals surface area contributed by atoms with E-state index in [0.29, 0.717) is 22.5 Å². The number of aromatic nitrogens is 1. The average Bonchev–Trinajstić information content (AvgIpc) is 3.17. The van der Waals surface area contributed by atoms with Crippen LogP contribution in [0.15, 0.2) is 46.4 Å². The zero-order chi connectivity index (χ0) is 17.3. The second kappa shape index (κ2) is 6.06. The number of aromatic amines is 1. The Morgan fingerprint density at radius 1 is 1.33 bits per heavy atom. The van der Waals surface area contributed by atoms with E-state index in [2.05, 4.69) is 9.98 Å². The number of carbonyl (C=O) groups is 1. The van der Waals surface area contributed by atoms with Crippen LogP contribution in [0, 0.1) is 0 Å². The minimum Gasteiger partial charge on any atom is -0.462 e. The Kier molecular flexibility index (Phi) is 4.08. The number of hydrogen-bond donors (Lipinski definition) is 2. The van der Waals surface area contributed by atoms with E-state index in [0.717, 1.165) is 0 Å². The molecule has 1 aliphatic rings. The van der Waals surface area contributed by atoms with Crippen LogP contribution < -0.4 is 5.14 Å². The van der Waals surface area contributed by atoms with Crippen LogP contribution in [-0.2, 0) is 19.6 Å². The maximum absolute atomic E-state index is 12.4. The Hall–Kier alpha value is -2.71. The number of nitrogens with one attached hydrogen (secondary N) is 1. The molecule has 1 aliphatic heterocycles. The first-order valence-corrected chi connectivity index (χ1v) is 8.73. The summed E-state index contributed by atoms with van der Waals surface area (Å²) in [4.78, 5) is 19.6. The van der Waals surface area contributed by atoms with Gasteiger partial charge in [0.05, 0.1) is 28.5 Å². The fraction of sp³-hybridized carbons (Fsp3) is 0.125. The Balaban J connectivity index is 2.23. The van der Waals surface area contributed by atoms with Crippen molar-refractivity contribution >= 4 is 39.0 Å². The van der Waals surface area contributed by atoms with Gasteiger partial charge in [0.1, 0.15) is 0 Å². The fourth-order valence-electron chi connectivity index (χ4n) is 2.48. The topological polar surface area (TPSA) is 115 Å². The quantitative estimate of drug-likeness (QED) is 0.650. The minimum absolute atomic E-state index is 0.0426.